The van der Waals surface area contributed by atoms with E-state index in [2.05, 4.69) is 28.7 Å². The SMILES string of the molecule is Cc1sc2ncnc(N3CCC(C(=O)OCC(=O)c4ccccc4)CC3)c2c1C. The number of piperidine rings is 1. The normalized spacial score (nSPS) is 14.9. The summed E-state index contributed by atoms with van der Waals surface area (Å²) in [6.45, 7) is 5.46. The molecule has 0 amide bonds. The lowest BCUT2D eigenvalue weighted by Crippen LogP contribution is -2.37. The van der Waals surface area contributed by atoms with Crippen LogP contribution in [0, 0.1) is 19.8 Å². The highest BCUT2D eigenvalue weighted by Crippen LogP contribution is 2.35. The minimum atomic E-state index is -0.288. The zero-order valence-corrected chi connectivity index (χ0v) is 17.4. The van der Waals surface area contributed by atoms with E-state index < -0.39 is 0 Å². The number of fused-ring (bicyclic) bond motifs is 1. The van der Waals surface area contributed by atoms with Crippen molar-refractivity contribution in [1.82, 2.24) is 9.97 Å². The number of hydrogen-bond donors (Lipinski definition) is 0. The van der Waals surface area contributed by atoms with Crippen molar-refractivity contribution in [3.05, 3.63) is 52.7 Å². The molecule has 0 aliphatic carbocycles. The number of nitrogens with zero attached hydrogens (tertiary/aromatic N) is 3. The number of rotatable bonds is 5. The van der Waals surface area contributed by atoms with Crippen LogP contribution in [0.2, 0.25) is 0 Å². The van der Waals surface area contributed by atoms with E-state index in [1.165, 1.54) is 10.4 Å². The number of Topliss-reactive ketones (excluding diaryl/α,β-unsaturated/α-hetero) is 1. The van der Waals surface area contributed by atoms with Crippen molar-refractivity contribution in [2.45, 2.75) is 26.7 Å². The van der Waals surface area contributed by atoms with Gasteiger partial charge in [-0.15, -0.1) is 11.3 Å². The number of carbonyl (C=O) groups is 2. The van der Waals surface area contributed by atoms with E-state index >= 15 is 0 Å². The minimum Gasteiger partial charge on any atom is -0.457 e. The van der Waals surface area contributed by atoms with Gasteiger partial charge in [0.1, 0.15) is 17.0 Å². The highest BCUT2D eigenvalue weighted by molar-refractivity contribution is 7.18. The monoisotopic (exact) mass is 409 g/mol. The number of hydrogen-bond acceptors (Lipinski definition) is 7. The van der Waals surface area contributed by atoms with Gasteiger partial charge in [0.2, 0.25) is 0 Å². The standard InChI is InChI=1S/C22H23N3O3S/c1-14-15(2)29-21-19(14)20(23-13-24-21)25-10-8-17(9-11-25)22(27)28-12-18(26)16-6-4-3-5-7-16/h3-7,13,17H,8-12H2,1-2H3. The Morgan fingerprint density at radius 3 is 2.59 bits per heavy atom. The fourth-order valence-electron chi connectivity index (χ4n) is 3.69. The molecular weight excluding hydrogens is 386 g/mol. The molecule has 29 heavy (non-hydrogen) atoms. The Bertz CT molecular complexity index is 1040. The molecule has 1 aromatic carbocycles. The molecule has 3 aromatic rings. The second-order valence-electron chi connectivity index (χ2n) is 7.32. The fraction of sp³-hybridized carbons (Fsp3) is 0.364. The summed E-state index contributed by atoms with van der Waals surface area (Å²) in [4.78, 5) is 38.0. The van der Waals surface area contributed by atoms with Crippen molar-refractivity contribution in [2.24, 2.45) is 5.92 Å². The van der Waals surface area contributed by atoms with E-state index in [-0.39, 0.29) is 24.3 Å². The van der Waals surface area contributed by atoms with Crippen LogP contribution < -0.4 is 4.90 Å². The Hall–Kier alpha value is -2.80. The van der Waals surface area contributed by atoms with Gasteiger partial charge in [-0.2, -0.15) is 0 Å². The van der Waals surface area contributed by atoms with Gasteiger partial charge in [-0.1, -0.05) is 30.3 Å². The highest BCUT2D eigenvalue weighted by atomic mass is 32.1. The first-order valence-corrected chi connectivity index (χ1v) is 10.6. The Kier molecular flexibility index (Phi) is 5.58. The van der Waals surface area contributed by atoms with Crippen LogP contribution in [0.25, 0.3) is 10.2 Å². The quantitative estimate of drug-likeness (QED) is 0.469. The molecule has 0 bridgehead atoms. The Balaban J connectivity index is 1.36. The van der Waals surface area contributed by atoms with Crippen molar-refractivity contribution < 1.29 is 14.3 Å². The Morgan fingerprint density at radius 1 is 1.14 bits per heavy atom. The lowest BCUT2D eigenvalue weighted by molar-refractivity contribution is -0.148. The number of ketones is 1. The van der Waals surface area contributed by atoms with Crippen LogP contribution in [-0.2, 0) is 9.53 Å². The third-order valence-electron chi connectivity index (χ3n) is 5.51. The summed E-state index contributed by atoms with van der Waals surface area (Å²) >= 11 is 1.69. The molecule has 1 saturated heterocycles. The van der Waals surface area contributed by atoms with E-state index in [9.17, 15) is 9.59 Å². The number of carbonyl (C=O) groups excluding carboxylic acids is 2. The van der Waals surface area contributed by atoms with Crippen LogP contribution in [0.1, 0.15) is 33.6 Å². The van der Waals surface area contributed by atoms with E-state index in [0.29, 0.717) is 18.4 Å². The van der Waals surface area contributed by atoms with Crippen LogP contribution in [0.4, 0.5) is 5.82 Å². The van der Waals surface area contributed by atoms with Gasteiger partial charge < -0.3 is 9.64 Å². The van der Waals surface area contributed by atoms with Gasteiger partial charge in [0.15, 0.2) is 12.4 Å². The Morgan fingerprint density at radius 2 is 1.86 bits per heavy atom. The smallest absolute Gasteiger partial charge is 0.309 e. The molecule has 6 nitrogen and oxygen atoms in total. The predicted octanol–water partition coefficient (Wildman–Crippen LogP) is 3.95. The molecule has 1 fully saturated rings. The molecule has 0 saturated carbocycles. The summed E-state index contributed by atoms with van der Waals surface area (Å²) < 4.78 is 5.30. The lowest BCUT2D eigenvalue weighted by atomic mass is 9.96. The van der Waals surface area contributed by atoms with Crippen LogP contribution in [0.15, 0.2) is 36.7 Å². The summed E-state index contributed by atoms with van der Waals surface area (Å²) in [7, 11) is 0. The van der Waals surface area contributed by atoms with Crippen LogP contribution in [0.5, 0.6) is 0 Å². The second kappa shape index (κ2) is 8.29. The molecule has 3 heterocycles. The van der Waals surface area contributed by atoms with Gasteiger partial charge in [0.25, 0.3) is 0 Å². The maximum Gasteiger partial charge on any atom is 0.309 e. The number of thiophene rings is 1. The molecule has 1 aliphatic rings. The molecule has 0 atom stereocenters. The third-order valence-corrected chi connectivity index (χ3v) is 6.63. The van der Waals surface area contributed by atoms with Crippen molar-refractivity contribution in [3.63, 3.8) is 0 Å². The zero-order chi connectivity index (χ0) is 20.4. The van der Waals surface area contributed by atoms with E-state index in [1.54, 1.807) is 41.9 Å². The molecule has 0 spiro atoms. The summed E-state index contributed by atoms with van der Waals surface area (Å²) in [5, 5.41) is 1.12. The van der Waals surface area contributed by atoms with Gasteiger partial charge in [0.05, 0.1) is 11.3 Å². The van der Waals surface area contributed by atoms with Gasteiger partial charge in [0, 0.05) is 23.5 Å². The number of ether oxygens (including phenoxy) is 1. The molecule has 2 aromatic heterocycles. The maximum absolute atomic E-state index is 12.4. The summed E-state index contributed by atoms with van der Waals surface area (Å²) in [6.07, 6.45) is 2.99. The molecule has 7 heteroatoms. The molecule has 0 unspecified atom stereocenters. The van der Waals surface area contributed by atoms with Crippen molar-refractivity contribution in [1.29, 1.82) is 0 Å². The van der Waals surface area contributed by atoms with Gasteiger partial charge in [-0.05, 0) is 32.3 Å². The summed E-state index contributed by atoms with van der Waals surface area (Å²) in [5.41, 5.74) is 1.78. The molecule has 0 N–H and O–H groups in total. The predicted molar refractivity (Wildman–Crippen MR) is 114 cm³/mol. The van der Waals surface area contributed by atoms with E-state index in [4.69, 9.17) is 4.74 Å². The summed E-state index contributed by atoms with van der Waals surface area (Å²) in [6, 6.07) is 8.90. The van der Waals surface area contributed by atoms with Gasteiger partial charge in [-0.3, -0.25) is 9.59 Å². The highest BCUT2D eigenvalue weighted by Gasteiger charge is 2.28. The van der Waals surface area contributed by atoms with Crippen molar-refractivity contribution in [2.75, 3.05) is 24.6 Å². The van der Waals surface area contributed by atoms with E-state index in [0.717, 1.165) is 29.1 Å². The molecule has 0 radical (unpaired) electrons. The maximum atomic E-state index is 12.4. The number of esters is 1. The topological polar surface area (TPSA) is 72.4 Å². The Labute approximate surface area is 173 Å². The van der Waals surface area contributed by atoms with Gasteiger partial charge in [-0.25, -0.2) is 9.97 Å². The van der Waals surface area contributed by atoms with Crippen molar-refractivity contribution in [3.8, 4) is 0 Å². The molecule has 150 valence electrons. The average molecular weight is 410 g/mol. The first-order chi connectivity index (χ1) is 14.0. The molecule has 4 rings (SSSR count). The van der Waals surface area contributed by atoms with Crippen LogP contribution in [0.3, 0.4) is 0 Å². The average Bonchev–Trinajstić information content (AvgIpc) is 3.06. The number of benzene rings is 1. The van der Waals surface area contributed by atoms with E-state index in [1.807, 2.05) is 6.07 Å². The first kappa shape index (κ1) is 19.5. The van der Waals surface area contributed by atoms with Crippen molar-refractivity contribution >= 4 is 39.1 Å². The number of anilines is 1. The van der Waals surface area contributed by atoms with Crippen LogP contribution in [-0.4, -0.2) is 41.4 Å². The van der Waals surface area contributed by atoms with Gasteiger partial charge >= 0.3 is 5.97 Å². The van der Waals surface area contributed by atoms with Crippen LogP contribution >= 0.6 is 11.3 Å². The molecular formula is C22H23N3O3S. The first-order valence-electron chi connectivity index (χ1n) is 9.75. The third kappa shape index (κ3) is 4.00. The number of aromatic nitrogens is 2. The minimum absolute atomic E-state index is 0.178. The molecule has 1 aliphatic heterocycles. The zero-order valence-electron chi connectivity index (χ0n) is 16.6. The largest absolute Gasteiger partial charge is 0.457 e. The lowest BCUT2D eigenvalue weighted by Gasteiger charge is -2.32. The number of aryl methyl sites for hydroxylation is 2. The fourth-order valence-corrected chi connectivity index (χ4v) is 4.68. The summed E-state index contributed by atoms with van der Waals surface area (Å²) in [5.74, 6) is 0.299. The second-order valence-corrected chi connectivity index (χ2v) is 8.52.